The van der Waals surface area contributed by atoms with Gasteiger partial charge in [-0.1, -0.05) is 0 Å². The highest BCUT2D eigenvalue weighted by Gasteiger charge is 2.25. The predicted octanol–water partition coefficient (Wildman–Crippen LogP) is 2.97. The number of amides is 1. The van der Waals surface area contributed by atoms with Crippen LogP contribution in [-0.4, -0.2) is 54.2 Å². The number of nitrogens with one attached hydrogen (secondary N) is 1. The van der Waals surface area contributed by atoms with Crippen LogP contribution < -0.4 is 10.3 Å². The van der Waals surface area contributed by atoms with E-state index in [4.69, 9.17) is 9.47 Å². The number of likely N-dealkylation sites (tertiary alicyclic amines) is 1. The van der Waals surface area contributed by atoms with Crippen LogP contribution >= 0.6 is 0 Å². The van der Waals surface area contributed by atoms with E-state index in [-0.39, 0.29) is 17.4 Å². The van der Waals surface area contributed by atoms with Crippen molar-refractivity contribution in [2.75, 3.05) is 33.4 Å². The van der Waals surface area contributed by atoms with Gasteiger partial charge in [0.05, 0.1) is 17.5 Å². The molecule has 30 heavy (non-hydrogen) atoms. The number of piperidine rings is 1. The molecule has 1 N–H and O–H groups in total. The molecule has 1 aliphatic heterocycles. The van der Waals surface area contributed by atoms with Gasteiger partial charge < -0.3 is 19.4 Å². The summed E-state index contributed by atoms with van der Waals surface area (Å²) in [6.07, 6.45) is 3.30. The lowest BCUT2D eigenvalue weighted by Gasteiger charge is -2.32. The molecular weight excluding hydrogens is 382 g/mol. The zero-order valence-electron chi connectivity index (χ0n) is 17.0. The molecular formula is C23H25N3O4. The van der Waals surface area contributed by atoms with E-state index in [2.05, 4.69) is 9.97 Å². The fraction of sp³-hybridized carbons (Fsp3) is 0.348. The first kappa shape index (κ1) is 20.1. The van der Waals surface area contributed by atoms with Gasteiger partial charge in [0.2, 0.25) is 0 Å². The first-order chi connectivity index (χ1) is 14.7. The number of nitrogens with zero attached hydrogens (tertiary/aromatic N) is 2. The van der Waals surface area contributed by atoms with Crippen molar-refractivity contribution in [2.45, 2.75) is 18.8 Å². The van der Waals surface area contributed by atoms with Crippen molar-refractivity contribution in [1.82, 2.24) is 14.9 Å². The molecule has 0 aliphatic carbocycles. The molecule has 0 unspecified atom stereocenters. The van der Waals surface area contributed by atoms with Crippen LogP contribution in [0.1, 0.15) is 34.8 Å². The van der Waals surface area contributed by atoms with Gasteiger partial charge >= 0.3 is 0 Å². The number of aromatic amines is 1. The molecule has 1 fully saturated rings. The molecule has 0 radical (unpaired) electrons. The number of fused-ring (bicyclic) bond motifs is 1. The highest BCUT2D eigenvalue weighted by atomic mass is 16.5. The van der Waals surface area contributed by atoms with Gasteiger partial charge in [-0.2, -0.15) is 0 Å². The van der Waals surface area contributed by atoms with E-state index in [1.54, 1.807) is 37.6 Å². The molecule has 2 aromatic heterocycles. The average molecular weight is 407 g/mol. The number of ether oxygens (including phenoxy) is 2. The van der Waals surface area contributed by atoms with Crippen LogP contribution in [0, 0.1) is 0 Å². The third-order valence-electron chi connectivity index (χ3n) is 5.51. The summed E-state index contributed by atoms with van der Waals surface area (Å²) in [5, 5.41) is 0.600. The Bertz CT molecular complexity index is 1070. The summed E-state index contributed by atoms with van der Waals surface area (Å²) in [7, 11) is 1.63. The summed E-state index contributed by atoms with van der Waals surface area (Å²) in [5.41, 5.74) is 2.15. The first-order valence-corrected chi connectivity index (χ1v) is 10.1. The molecule has 7 nitrogen and oxygen atoms in total. The molecule has 0 spiro atoms. The van der Waals surface area contributed by atoms with E-state index in [0.717, 1.165) is 24.3 Å². The Hall–Kier alpha value is -3.19. The van der Waals surface area contributed by atoms with Crippen LogP contribution in [0.15, 0.2) is 53.5 Å². The minimum absolute atomic E-state index is 0.0190. The molecule has 1 aromatic carbocycles. The van der Waals surface area contributed by atoms with Gasteiger partial charge in [0.25, 0.3) is 11.5 Å². The number of carbonyl (C=O) groups is 1. The topological polar surface area (TPSA) is 84.5 Å². The van der Waals surface area contributed by atoms with Crippen molar-refractivity contribution < 1.29 is 14.3 Å². The molecule has 0 atom stereocenters. The molecule has 4 rings (SSSR count). The maximum Gasteiger partial charge on any atom is 0.257 e. The molecule has 1 amide bonds. The second-order valence-corrected chi connectivity index (χ2v) is 7.42. The fourth-order valence-electron chi connectivity index (χ4n) is 3.84. The first-order valence-electron chi connectivity index (χ1n) is 10.1. The van der Waals surface area contributed by atoms with Gasteiger partial charge in [0.1, 0.15) is 12.4 Å². The van der Waals surface area contributed by atoms with Crippen LogP contribution in [0.2, 0.25) is 0 Å². The Morgan fingerprint density at radius 3 is 2.67 bits per heavy atom. The lowest BCUT2D eigenvalue weighted by Crippen LogP contribution is -2.38. The third-order valence-corrected chi connectivity index (χ3v) is 5.51. The van der Waals surface area contributed by atoms with Crippen LogP contribution in [0.5, 0.6) is 5.75 Å². The number of rotatable bonds is 6. The molecule has 3 aromatic rings. The summed E-state index contributed by atoms with van der Waals surface area (Å²) >= 11 is 0. The summed E-state index contributed by atoms with van der Waals surface area (Å²) in [4.78, 5) is 34.4. The SMILES string of the molecule is COCCOc1ccc(C(=O)N2CCC(c3cc4ncccc4c(=O)[nH]3)CC2)cc1. The summed E-state index contributed by atoms with van der Waals surface area (Å²) in [6.45, 7) is 2.30. The number of benzene rings is 1. The molecule has 156 valence electrons. The largest absolute Gasteiger partial charge is 0.491 e. The second kappa shape index (κ2) is 9.09. The normalized spacial score (nSPS) is 14.8. The minimum atomic E-state index is -0.109. The standard InChI is InChI=1S/C23H25N3O4/c1-29-13-14-30-18-6-4-17(5-7-18)23(28)26-11-8-16(9-12-26)20-15-21-19(22(27)25-20)3-2-10-24-21/h2-7,10,15-16H,8-9,11-14H2,1H3,(H,25,27). The van der Waals surface area contributed by atoms with Crippen LogP contribution in [-0.2, 0) is 4.74 Å². The average Bonchev–Trinajstić information content (AvgIpc) is 2.79. The molecule has 0 bridgehead atoms. The third kappa shape index (κ3) is 4.36. The maximum absolute atomic E-state index is 12.8. The molecule has 1 saturated heterocycles. The van der Waals surface area contributed by atoms with Crippen molar-refractivity contribution in [3.63, 3.8) is 0 Å². The van der Waals surface area contributed by atoms with E-state index >= 15 is 0 Å². The Labute approximate surface area is 174 Å². The minimum Gasteiger partial charge on any atom is -0.491 e. The lowest BCUT2D eigenvalue weighted by molar-refractivity contribution is 0.0712. The van der Waals surface area contributed by atoms with Gasteiger partial charge in [-0.05, 0) is 55.3 Å². The van der Waals surface area contributed by atoms with E-state index in [1.165, 1.54) is 0 Å². The Morgan fingerprint density at radius 2 is 1.93 bits per heavy atom. The number of hydrogen-bond donors (Lipinski definition) is 1. The Balaban J connectivity index is 1.38. The van der Waals surface area contributed by atoms with Crippen molar-refractivity contribution in [2.24, 2.45) is 0 Å². The van der Waals surface area contributed by atoms with Crippen LogP contribution in [0.4, 0.5) is 0 Å². The van der Waals surface area contributed by atoms with Gasteiger partial charge in [-0.3, -0.25) is 14.6 Å². The van der Waals surface area contributed by atoms with Gasteiger partial charge in [0, 0.05) is 43.6 Å². The summed E-state index contributed by atoms with van der Waals surface area (Å²) < 4.78 is 10.5. The van der Waals surface area contributed by atoms with Crippen molar-refractivity contribution in [3.8, 4) is 5.75 Å². The highest BCUT2D eigenvalue weighted by Crippen LogP contribution is 2.28. The number of aromatic nitrogens is 2. The Kier molecular flexibility index (Phi) is 6.09. The zero-order valence-corrected chi connectivity index (χ0v) is 17.0. The fourth-order valence-corrected chi connectivity index (χ4v) is 3.84. The van der Waals surface area contributed by atoms with Gasteiger partial charge in [-0.25, -0.2) is 0 Å². The smallest absolute Gasteiger partial charge is 0.257 e. The van der Waals surface area contributed by atoms with Crippen molar-refractivity contribution >= 4 is 16.8 Å². The summed E-state index contributed by atoms with van der Waals surface area (Å²) in [5.74, 6) is 0.950. The molecule has 0 saturated carbocycles. The van der Waals surface area contributed by atoms with Crippen LogP contribution in [0.3, 0.4) is 0 Å². The molecule has 1 aliphatic rings. The number of H-pyrrole nitrogens is 1. The van der Waals surface area contributed by atoms with E-state index in [9.17, 15) is 9.59 Å². The summed E-state index contributed by atoms with van der Waals surface area (Å²) in [6, 6.07) is 12.7. The van der Waals surface area contributed by atoms with Gasteiger partial charge in [0.15, 0.2) is 0 Å². The second-order valence-electron chi connectivity index (χ2n) is 7.42. The number of carbonyl (C=O) groups excluding carboxylic acids is 1. The maximum atomic E-state index is 12.8. The number of pyridine rings is 2. The van der Waals surface area contributed by atoms with E-state index < -0.39 is 0 Å². The van der Waals surface area contributed by atoms with Crippen molar-refractivity contribution in [3.05, 3.63) is 70.3 Å². The highest BCUT2D eigenvalue weighted by molar-refractivity contribution is 5.94. The van der Waals surface area contributed by atoms with E-state index in [0.29, 0.717) is 42.8 Å². The van der Waals surface area contributed by atoms with Gasteiger partial charge in [-0.15, -0.1) is 0 Å². The van der Waals surface area contributed by atoms with E-state index in [1.807, 2.05) is 23.1 Å². The Morgan fingerprint density at radius 1 is 1.17 bits per heavy atom. The monoisotopic (exact) mass is 407 g/mol. The number of methoxy groups -OCH3 is 1. The quantitative estimate of drug-likeness (QED) is 0.635. The lowest BCUT2D eigenvalue weighted by atomic mass is 9.92. The van der Waals surface area contributed by atoms with Crippen molar-refractivity contribution in [1.29, 1.82) is 0 Å². The molecule has 7 heteroatoms. The predicted molar refractivity (Wildman–Crippen MR) is 114 cm³/mol. The number of hydrogen-bond acceptors (Lipinski definition) is 5. The molecule has 3 heterocycles. The zero-order chi connectivity index (χ0) is 20.9. The van der Waals surface area contributed by atoms with Crippen LogP contribution in [0.25, 0.3) is 10.9 Å².